The van der Waals surface area contributed by atoms with Crippen molar-refractivity contribution < 1.29 is 4.79 Å². The Morgan fingerprint density at radius 3 is 2.40 bits per heavy atom. The molecule has 0 aliphatic carbocycles. The van der Waals surface area contributed by atoms with Crippen LogP contribution in [-0.4, -0.2) is 29.3 Å². The van der Waals surface area contributed by atoms with Gasteiger partial charge in [-0.2, -0.15) is 12.6 Å². The van der Waals surface area contributed by atoms with Gasteiger partial charge in [0.25, 0.3) is 0 Å². The second kappa shape index (κ2) is 3.14. The number of primary amides is 1. The number of nitrogens with two attached hydrogens (primary N) is 1. The topological polar surface area (TPSA) is 46.3 Å². The van der Waals surface area contributed by atoms with E-state index in [4.69, 9.17) is 5.73 Å². The predicted molar refractivity (Wildman–Crippen MR) is 43.2 cm³/mol. The summed E-state index contributed by atoms with van der Waals surface area (Å²) >= 11 is 4.29. The summed E-state index contributed by atoms with van der Waals surface area (Å²) in [6.07, 6.45) is 1.93. The summed E-state index contributed by atoms with van der Waals surface area (Å²) in [5, 5.41) is 0.454. The van der Waals surface area contributed by atoms with Crippen LogP contribution in [-0.2, 0) is 0 Å². The molecule has 58 valence electrons. The van der Waals surface area contributed by atoms with Gasteiger partial charge in [0.05, 0.1) is 0 Å². The van der Waals surface area contributed by atoms with E-state index < -0.39 is 0 Å². The number of carbonyl (C=O) groups excluding carboxylic acids is 1. The van der Waals surface area contributed by atoms with E-state index >= 15 is 0 Å². The average Bonchev–Trinajstić information content (AvgIpc) is 1.88. The fourth-order valence-corrected chi connectivity index (χ4v) is 1.32. The molecule has 1 fully saturated rings. The van der Waals surface area contributed by atoms with Gasteiger partial charge in [-0.05, 0) is 12.8 Å². The molecule has 1 heterocycles. The highest BCUT2D eigenvalue weighted by atomic mass is 32.1. The lowest BCUT2D eigenvalue weighted by Crippen LogP contribution is -2.41. The fourth-order valence-electron chi connectivity index (χ4n) is 1.09. The minimum Gasteiger partial charge on any atom is -0.351 e. The summed E-state index contributed by atoms with van der Waals surface area (Å²) in [6.45, 7) is 1.53. The van der Waals surface area contributed by atoms with Crippen LogP contribution in [0.15, 0.2) is 0 Å². The molecule has 0 spiro atoms. The third-order valence-electron chi connectivity index (χ3n) is 1.78. The zero-order valence-electron chi connectivity index (χ0n) is 5.79. The molecule has 0 aromatic heterocycles. The Kier molecular flexibility index (Phi) is 2.43. The number of hydrogen-bond donors (Lipinski definition) is 2. The summed E-state index contributed by atoms with van der Waals surface area (Å²) in [6, 6.07) is -0.305. The Labute approximate surface area is 66.0 Å². The van der Waals surface area contributed by atoms with Gasteiger partial charge < -0.3 is 10.6 Å². The summed E-state index contributed by atoms with van der Waals surface area (Å²) in [5.74, 6) is 0. The Bertz CT molecular complexity index is 132. The van der Waals surface area contributed by atoms with Crippen LogP contribution in [0.3, 0.4) is 0 Å². The van der Waals surface area contributed by atoms with Crippen LogP contribution in [0.25, 0.3) is 0 Å². The SMILES string of the molecule is NC(=O)N1CCC(S)CC1. The van der Waals surface area contributed by atoms with Gasteiger partial charge in [0.1, 0.15) is 0 Å². The van der Waals surface area contributed by atoms with Crippen molar-refractivity contribution in [3.05, 3.63) is 0 Å². The molecule has 0 aromatic rings. The van der Waals surface area contributed by atoms with Crippen molar-refractivity contribution in [1.82, 2.24) is 4.90 Å². The van der Waals surface area contributed by atoms with E-state index in [1.54, 1.807) is 4.90 Å². The molecule has 0 aromatic carbocycles. The van der Waals surface area contributed by atoms with Gasteiger partial charge in [-0.15, -0.1) is 0 Å². The summed E-state index contributed by atoms with van der Waals surface area (Å²) in [4.78, 5) is 12.2. The monoisotopic (exact) mass is 160 g/mol. The van der Waals surface area contributed by atoms with Crippen LogP contribution in [0.4, 0.5) is 4.79 Å². The molecule has 10 heavy (non-hydrogen) atoms. The molecule has 2 N–H and O–H groups in total. The van der Waals surface area contributed by atoms with E-state index in [2.05, 4.69) is 12.6 Å². The first-order valence-corrected chi connectivity index (χ1v) is 3.94. The Hall–Kier alpha value is -0.380. The van der Waals surface area contributed by atoms with Crippen LogP contribution in [0.2, 0.25) is 0 Å². The molecule has 0 radical (unpaired) electrons. The number of carbonyl (C=O) groups is 1. The first-order valence-electron chi connectivity index (χ1n) is 3.42. The largest absolute Gasteiger partial charge is 0.351 e. The maximum atomic E-state index is 10.6. The van der Waals surface area contributed by atoms with Crippen molar-refractivity contribution in [1.29, 1.82) is 0 Å². The lowest BCUT2D eigenvalue weighted by atomic mass is 10.1. The van der Waals surface area contributed by atoms with Crippen molar-refractivity contribution in [2.24, 2.45) is 5.73 Å². The minimum absolute atomic E-state index is 0.305. The number of amides is 2. The van der Waals surface area contributed by atoms with E-state index in [1.807, 2.05) is 0 Å². The first-order chi connectivity index (χ1) is 4.70. The highest BCUT2D eigenvalue weighted by Crippen LogP contribution is 2.14. The molecule has 3 nitrogen and oxygen atoms in total. The summed E-state index contributed by atoms with van der Waals surface area (Å²) in [7, 11) is 0. The van der Waals surface area contributed by atoms with E-state index in [9.17, 15) is 4.79 Å². The van der Waals surface area contributed by atoms with Crippen molar-refractivity contribution in [2.75, 3.05) is 13.1 Å². The molecular formula is C6H12N2OS. The zero-order chi connectivity index (χ0) is 7.56. The van der Waals surface area contributed by atoms with Crippen LogP contribution < -0.4 is 5.73 Å². The number of likely N-dealkylation sites (tertiary alicyclic amines) is 1. The van der Waals surface area contributed by atoms with E-state index in [-0.39, 0.29) is 6.03 Å². The van der Waals surface area contributed by atoms with Crippen molar-refractivity contribution >= 4 is 18.7 Å². The quantitative estimate of drug-likeness (QED) is 0.497. The van der Waals surface area contributed by atoms with Gasteiger partial charge in [0.2, 0.25) is 0 Å². The van der Waals surface area contributed by atoms with Crippen molar-refractivity contribution in [2.45, 2.75) is 18.1 Å². The third kappa shape index (κ3) is 1.80. The second-order valence-electron chi connectivity index (χ2n) is 2.56. The Balaban J connectivity index is 2.33. The third-order valence-corrected chi connectivity index (χ3v) is 2.29. The molecule has 1 saturated heterocycles. The number of piperidine rings is 1. The number of urea groups is 1. The molecule has 1 rings (SSSR count). The summed E-state index contributed by atoms with van der Waals surface area (Å²) in [5.41, 5.74) is 5.07. The molecule has 0 unspecified atom stereocenters. The van der Waals surface area contributed by atoms with E-state index in [0.717, 1.165) is 25.9 Å². The number of hydrogen-bond acceptors (Lipinski definition) is 2. The highest BCUT2D eigenvalue weighted by Gasteiger charge is 2.17. The predicted octanol–water partition coefficient (Wildman–Crippen LogP) is 0.459. The van der Waals surface area contributed by atoms with Gasteiger partial charge in [0, 0.05) is 18.3 Å². The lowest BCUT2D eigenvalue weighted by molar-refractivity contribution is 0.197. The van der Waals surface area contributed by atoms with E-state index in [0.29, 0.717) is 5.25 Å². The molecule has 0 saturated carbocycles. The molecule has 4 heteroatoms. The summed E-state index contributed by atoms with van der Waals surface area (Å²) < 4.78 is 0. The molecule has 0 atom stereocenters. The van der Waals surface area contributed by atoms with Gasteiger partial charge in [-0.25, -0.2) is 4.79 Å². The van der Waals surface area contributed by atoms with Gasteiger partial charge in [-0.3, -0.25) is 0 Å². The van der Waals surface area contributed by atoms with Crippen molar-refractivity contribution in [3.8, 4) is 0 Å². The van der Waals surface area contributed by atoms with E-state index in [1.165, 1.54) is 0 Å². The number of rotatable bonds is 0. The van der Waals surface area contributed by atoms with Gasteiger partial charge in [0.15, 0.2) is 0 Å². The molecule has 0 bridgehead atoms. The Morgan fingerprint density at radius 1 is 1.50 bits per heavy atom. The van der Waals surface area contributed by atoms with Crippen molar-refractivity contribution in [3.63, 3.8) is 0 Å². The maximum Gasteiger partial charge on any atom is 0.314 e. The molecule has 1 aliphatic heterocycles. The first kappa shape index (κ1) is 7.72. The average molecular weight is 160 g/mol. The van der Waals surface area contributed by atoms with Gasteiger partial charge >= 0.3 is 6.03 Å². The highest BCUT2D eigenvalue weighted by molar-refractivity contribution is 7.80. The second-order valence-corrected chi connectivity index (χ2v) is 3.29. The molecule has 1 aliphatic rings. The molecular weight excluding hydrogens is 148 g/mol. The van der Waals surface area contributed by atoms with Crippen LogP contribution in [0, 0.1) is 0 Å². The normalized spacial score (nSPS) is 21.1. The number of thiol groups is 1. The zero-order valence-corrected chi connectivity index (χ0v) is 6.68. The van der Waals surface area contributed by atoms with Gasteiger partial charge in [-0.1, -0.05) is 0 Å². The standard InChI is InChI=1S/C6H12N2OS/c7-6(9)8-3-1-5(10)2-4-8/h5,10H,1-4H2,(H2,7,9). The number of nitrogens with zero attached hydrogens (tertiary/aromatic N) is 1. The molecule has 2 amide bonds. The fraction of sp³-hybridized carbons (Fsp3) is 0.833. The van der Waals surface area contributed by atoms with Crippen LogP contribution >= 0.6 is 12.6 Å². The minimum atomic E-state index is -0.305. The Morgan fingerprint density at radius 2 is 2.00 bits per heavy atom. The lowest BCUT2D eigenvalue weighted by Gasteiger charge is -2.27. The van der Waals surface area contributed by atoms with Crippen LogP contribution in [0.1, 0.15) is 12.8 Å². The smallest absolute Gasteiger partial charge is 0.314 e. The maximum absolute atomic E-state index is 10.6. The van der Waals surface area contributed by atoms with Crippen LogP contribution in [0.5, 0.6) is 0 Å².